The minimum absolute atomic E-state index is 0.115. The van der Waals surface area contributed by atoms with Crippen LogP contribution in [0.25, 0.3) is 10.8 Å². The second kappa shape index (κ2) is 9.16. The second-order valence-corrected chi connectivity index (χ2v) is 7.12. The van der Waals surface area contributed by atoms with E-state index in [0.29, 0.717) is 6.42 Å². The molecule has 2 atom stereocenters. The molecular formula is C21H26N2O4. The van der Waals surface area contributed by atoms with E-state index < -0.39 is 24.0 Å². The number of carbonyl (C=O) groups excluding carboxylic acids is 2. The summed E-state index contributed by atoms with van der Waals surface area (Å²) in [5.74, 6) is -1.80. The highest BCUT2D eigenvalue weighted by atomic mass is 16.4. The number of carbonyl (C=O) groups is 3. The Kier molecular flexibility index (Phi) is 6.93. The van der Waals surface area contributed by atoms with Crippen molar-refractivity contribution >= 4 is 28.6 Å². The molecule has 2 aromatic carbocycles. The zero-order valence-electron chi connectivity index (χ0n) is 15.9. The Morgan fingerprint density at radius 2 is 1.63 bits per heavy atom. The van der Waals surface area contributed by atoms with E-state index in [4.69, 9.17) is 0 Å². The van der Waals surface area contributed by atoms with E-state index in [1.165, 1.54) is 6.92 Å². The predicted molar refractivity (Wildman–Crippen MR) is 104 cm³/mol. The molecule has 3 N–H and O–H groups in total. The smallest absolute Gasteiger partial charge is 0.326 e. The fourth-order valence-corrected chi connectivity index (χ4v) is 3.11. The summed E-state index contributed by atoms with van der Waals surface area (Å²) in [6.45, 7) is 5.12. The van der Waals surface area contributed by atoms with Crippen molar-refractivity contribution in [2.24, 2.45) is 5.92 Å². The first-order valence-electron chi connectivity index (χ1n) is 9.05. The molecule has 0 saturated heterocycles. The van der Waals surface area contributed by atoms with Gasteiger partial charge in [-0.3, -0.25) is 9.59 Å². The molecule has 0 fully saturated rings. The third-order valence-electron chi connectivity index (χ3n) is 4.32. The summed E-state index contributed by atoms with van der Waals surface area (Å²) in [5, 5.41) is 16.6. The van der Waals surface area contributed by atoms with Crippen molar-refractivity contribution in [2.75, 3.05) is 0 Å². The number of rotatable bonds is 8. The summed E-state index contributed by atoms with van der Waals surface area (Å²) in [6.07, 6.45) is 0.600. The van der Waals surface area contributed by atoms with Crippen LogP contribution in [-0.4, -0.2) is 35.0 Å². The maximum atomic E-state index is 12.7. The van der Waals surface area contributed by atoms with Crippen LogP contribution in [0.3, 0.4) is 0 Å². The van der Waals surface area contributed by atoms with Gasteiger partial charge in [-0.1, -0.05) is 56.3 Å². The molecule has 0 aliphatic heterocycles. The van der Waals surface area contributed by atoms with Crippen LogP contribution in [0, 0.1) is 5.92 Å². The highest BCUT2D eigenvalue weighted by Crippen LogP contribution is 2.20. The molecule has 2 amide bonds. The van der Waals surface area contributed by atoms with Gasteiger partial charge in [0.2, 0.25) is 11.8 Å². The van der Waals surface area contributed by atoms with Crippen molar-refractivity contribution in [3.05, 3.63) is 48.0 Å². The van der Waals surface area contributed by atoms with Crippen LogP contribution in [-0.2, 0) is 20.8 Å². The first-order valence-corrected chi connectivity index (χ1v) is 9.05. The fraction of sp³-hybridized carbons (Fsp3) is 0.381. The maximum absolute atomic E-state index is 12.7. The largest absolute Gasteiger partial charge is 0.480 e. The molecule has 0 aliphatic carbocycles. The molecule has 6 heteroatoms. The van der Waals surface area contributed by atoms with Gasteiger partial charge in [-0.15, -0.1) is 0 Å². The van der Waals surface area contributed by atoms with Crippen LogP contribution >= 0.6 is 0 Å². The van der Waals surface area contributed by atoms with Gasteiger partial charge < -0.3 is 15.7 Å². The standard InChI is InChI=1S/C21H26N2O4/c1-13(2)11-19(21(26)27)23-20(25)18(22-14(3)24)12-16-9-6-8-15-7-4-5-10-17(15)16/h4-10,13,18-19H,11-12H2,1-3H3,(H,22,24)(H,23,25)(H,26,27)/t18-,19-/m0/s1. The van der Waals surface area contributed by atoms with E-state index in [1.54, 1.807) is 0 Å². The van der Waals surface area contributed by atoms with Crippen molar-refractivity contribution in [1.29, 1.82) is 0 Å². The molecule has 0 aliphatic rings. The summed E-state index contributed by atoms with van der Waals surface area (Å²) in [6, 6.07) is 11.8. The lowest BCUT2D eigenvalue weighted by Gasteiger charge is -2.22. The van der Waals surface area contributed by atoms with Gasteiger partial charge in [0.05, 0.1) is 0 Å². The van der Waals surface area contributed by atoms with Gasteiger partial charge in [-0.2, -0.15) is 0 Å². The molecule has 0 bridgehead atoms. The molecule has 0 radical (unpaired) electrons. The Balaban J connectivity index is 2.24. The Morgan fingerprint density at radius 3 is 2.26 bits per heavy atom. The molecule has 6 nitrogen and oxygen atoms in total. The summed E-state index contributed by atoms with van der Waals surface area (Å²) in [5.41, 5.74) is 0.915. The molecule has 0 aromatic heterocycles. The average Bonchev–Trinajstić information content (AvgIpc) is 2.60. The van der Waals surface area contributed by atoms with Crippen LogP contribution in [0.4, 0.5) is 0 Å². The van der Waals surface area contributed by atoms with Gasteiger partial charge in [0.1, 0.15) is 12.1 Å². The number of hydrogen-bond donors (Lipinski definition) is 3. The quantitative estimate of drug-likeness (QED) is 0.665. The van der Waals surface area contributed by atoms with Crippen LogP contribution < -0.4 is 10.6 Å². The van der Waals surface area contributed by atoms with Gasteiger partial charge >= 0.3 is 5.97 Å². The molecule has 0 heterocycles. The normalized spacial score (nSPS) is 13.2. The van der Waals surface area contributed by atoms with Crippen molar-refractivity contribution in [3.63, 3.8) is 0 Å². The zero-order chi connectivity index (χ0) is 20.0. The lowest BCUT2D eigenvalue weighted by Crippen LogP contribution is -2.52. The molecule has 2 rings (SSSR count). The number of benzene rings is 2. The first-order chi connectivity index (χ1) is 12.8. The number of fused-ring (bicyclic) bond motifs is 1. The SMILES string of the molecule is CC(=O)N[C@@H](Cc1cccc2ccccc12)C(=O)N[C@@H](CC(C)C)C(=O)O. The van der Waals surface area contributed by atoms with Crippen LogP contribution in [0.1, 0.15) is 32.8 Å². The van der Waals surface area contributed by atoms with Crippen molar-refractivity contribution < 1.29 is 19.5 Å². The number of aliphatic carboxylic acids is 1. The monoisotopic (exact) mass is 370 g/mol. The Labute approximate surface area is 159 Å². The zero-order valence-corrected chi connectivity index (χ0v) is 15.9. The van der Waals surface area contributed by atoms with Crippen LogP contribution in [0.2, 0.25) is 0 Å². The van der Waals surface area contributed by atoms with Gasteiger partial charge in [-0.25, -0.2) is 4.79 Å². The van der Waals surface area contributed by atoms with E-state index in [9.17, 15) is 19.5 Å². The van der Waals surface area contributed by atoms with E-state index in [1.807, 2.05) is 56.3 Å². The highest BCUT2D eigenvalue weighted by molar-refractivity contribution is 5.91. The Morgan fingerprint density at radius 1 is 0.963 bits per heavy atom. The Hall–Kier alpha value is -2.89. The minimum atomic E-state index is -1.08. The topological polar surface area (TPSA) is 95.5 Å². The highest BCUT2D eigenvalue weighted by Gasteiger charge is 2.27. The number of carboxylic acids is 1. The third-order valence-corrected chi connectivity index (χ3v) is 4.32. The van der Waals surface area contributed by atoms with Crippen molar-refractivity contribution in [2.45, 2.75) is 45.7 Å². The van der Waals surface area contributed by atoms with E-state index >= 15 is 0 Å². The van der Waals surface area contributed by atoms with E-state index in [2.05, 4.69) is 10.6 Å². The predicted octanol–water partition coefficient (Wildman–Crippen LogP) is 2.50. The second-order valence-electron chi connectivity index (χ2n) is 7.12. The van der Waals surface area contributed by atoms with Gasteiger partial charge in [0.25, 0.3) is 0 Å². The third kappa shape index (κ3) is 5.81. The van der Waals surface area contributed by atoms with Gasteiger partial charge in [-0.05, 0) is 28.7 Å². The van der Waals surface area contributed by atoms with E-state index in [-0.39, 0.29) is 18.2 Å². The molecule has 0 saturated carbocycles. The van der Waals surface area contributed by atoms with Crippen LogP contribution in [0.5, 0.6) is 0 Å². The lowest BCUT2D eigenvalue weighted by atomic mass is 9.97. The summed E-state index contributed by atoms with van der Waals surface area (Å²) >= 11 is 0. The number of hydrogen-bond acceptors (Lipinski definition) is 3. The number of nitrogens with one attached hydrogen (secondary N) is 2. The minimum Gasteiger partial charge on any atom is -0.480 e. The first kappa shape index (κ1) is 20.4. The number of carboxylic acid groups (broad SMARTS) is 1. The summed E-state index contributed by atoms with van der Waals surface area (Å²) in [4.78, 5) is 35.8. The molecule has 0 spiro atoms. The molecule has 144 valence electrons. The fourth-order valence-electron chi connectivity index (χ4n) is 3.11. The molecule has 27 heavy (non-hydrogen) atoms. The molecule has 2 aromatic rings. The average molecular weight is 370 g/mol. The van der Waals surface area contributed by atoms with E-state index in [0.717, 1.165) is 16.3 Å². The maximum Gasteiger partial charge on any atom is 0.326 e. The van der Waals surface area contributed by atoms with Gasteiger partial charge in [0, 0.05) is 13.3 Å². The Bertz CT molecular complexity index is 827. The van der Waals surface area contributed by atoms with Crippen molar-refractivity contribution in [1.82, 2.24) is 10.6 Å². The van der Waals surface area contributed by atoms with Gasteiger partial charge in [0.15, 0.2) is 0 Å². The molecular weight excluding hydrogens is 344 g/mol. The van der Waals surface area contributed by atoms with Crippen LogP contribution in [0.15, 0.2) is 42.5 Å². The lowest BCUT2D eigenvalue weighted by molar-refractivity contribution is -0.142. The number of amides is 2. The molecule has 0 unspecified atom stereocenters. The van der Waals surface area contributed by atoms with Crippen molar-refractivity contribution in [3.8, 4) is 0 Å². The summed E-state index contributed by atoms with van der Waals surface area (Å²) < 4.78 is 0. The summed E-state index contributed by atoms with van der Waals surface area (Å²) in [7, 11) is 0.